The standard InChI is InChI=1S/C88H112ClN11O27S/c1-9-10-11-14-17-45-18-23-50(24-19-45)128(120,121)93-29-16-13-12-15-28-92-39-53-58(104)36-52-66(74(53)108)51-32-46(20-25-57(51)103)67-82(114)99-71(85(117)97-69(52)86(118)119)73(107)48-22-27-60(54(89)33-48)124-62-35-49-34-61(77(62)127-87-78(76(110)75(109)63(40-101)125-87)126-65-38-88(7,100-44(6)102)79(111)43(5)122-65)123-59-26-21-47(31-42(59)4)72(106)70(98-80(112)55(91-8)30-41(2)3)84(116)94-56(37-64(90)105)81(113)95-68(49)83(115)96-67/h18-27,31-36,41,43,55-56,63,65,67-73,75-76,78-79,87,91-93,101,103-104,106-111H,9-17,28-30,37-40H2,1-8H3,(H2,90,105)(H,94,116)(H,95,113)(H,96,115)(H,97,117)(H,98,112)(H,99,114)(H,100,102)(H,118,119)/t43-,55+,56-,63+,65-,67+,68+,69-,70+,71-,72+,73+,75+,76-,78+,79+,87-,88-/m0/s1. The van der Waals surface area contributed by atoms with Gasteiger partial charge in [0.25, 0.3) is 0 Å². The molecular formula is C88H112ClN11O27S. The number of aliphatic carboxylic acids is 1. The van der Waals surface area contributed by atoms with Crippen LogP contribution < -0.4 is 72.5 Å². The molecule has 0 saturated carbocycles. The number of phenolic OH excluding ortho intramolecular Hbond substituents is 3. The molecule has 0 aliphatic carbocycles. The van der Waals surface area contributed by atoms with Crippen molar-refractivity contribution in [1.82, 2.24) is 52.6 Å². The summed E-state index contributed by atoms with van der Waals surface area (Å²) in [6.45, 7) is 10.5. The average molecular weight is 1820 g/mol. The van der Waals surface area contributed by atoms with Crippen molar-refractivity contribution < 1.29 is 131 Å². The number of phenols is 3. The summed E-state index contributed by atoms with van der Waals surface area (Å²) in [5.41, 5.74) is 2.37. The van der Waals surface area contributed by atoms with Crippen LogP contribution in [0.15, 0.2) is 102 Å². The van der Waals surface area contributed by atoms with Gasteiger partial charge in [-0.2, -0.15) is 0 Å². The average Bonchev–Trinajstić information content (AvgIpc) is 0.757. The Morgan fingerprint density at radius 3 is 1.98 bits per heavy atom. The van der Waals surface area contributed by atoms with Gasteiger partial charge in [0.1, 0.15) is 95.6 Å². The van der Waals surface area contributed by atoms with E-state index in [-0.39, 0.29) is 76.9 Å². The molecule has 18 atom stereocenters. The number of amides is 8. The number of halogens is 1. The Morgan fingerprint density at radius 2 is 1.34 bits per heavy atom. The fourth-order valence-corrected chi connectivity index (χ4v) is 17.5. The summed E-state index contributed by atoms with van der Waals surface area (Å²) >= 11 is 7.18. The Kier molecular flexibility index (Phi) is 32.5. The minimum Gasteiger partial charge on any atom is -0.507 e. The molecule has 8 amide bonds. The zero-order valence-corrected chi connectivity index (χ0v) is 73.3. The maximum absolute atomic E-state index is 16.4. The maximum atomic E-state index is 16.4. The number of aliphatic hydroxyl groups excluding tert-OH is 6. The number of aromatic hydroxyl groups is 3. The van der Waals surface area contributed by atoms with Crippen molar-refractivity contribution in [3.8, 4) is 57.1 Å². The molecule has 694 valence electrons. The lowest BCUT2D eigenvalue weighted by atomic mass is 9.85. The number of unbranched alkanes of at least 4 members (excludes halogenated alkanes) is 6. The number of nitrogens with two attached hydrogens (primary N) is 1. The highest BCUT2D eigenvalue weighted by Gasteiger charge is 2.53. The van der Waals surface area contributed by atoms with Crippen LogP contribution in [0.1, 0.15) is 187 Å². The number of likely N-dealkylation sites (N-methyl/N-ethyl adjacent to an activating group) is 1. The summed E-state index contributed by atoms with van der Waals surface area (Å²) in [4.78, 5) is 133. The summed E-state index contributed by atoms with van der Waals surface area (Å²) in [6, 6.07) is 5.69. The SMILES string of the molecule is CCCCCCc1ccc(S(=O)(=O)NCCCCCCNCc2c(O)cc3c(c2O)-c2cc(ccc2O)[C@H]2NC(=O)[C@@H]4NC(=O)[C@H](CC(N)=O)NC(=O)[C@H](NC(=O)[C@@H](CC(C)C)NC)[C@H](O)c5ccc(c(C)c5)Oc5cc4cc(c5O[C@@H]4O[C@H](CO)[C@@H](O)[C@H](O)[C@H]4O[C@H]4C[C@](C)(NC(C)=O)[C@H](O)[C@H](C)O4)Oc4ccc(cc4Cl)[C@@H](O)[C@H](NC2=O)C(=O)N[C@@H]3C(=O)O)cc1. The van der Waals surface area contributed by atoms with Crippen LogP contribution in [0.4, 0.5) is 0 Å². The Hall–Kier alpha value is -10.9. The highest BCUT2D eigenvalue weighted by atomic mass is 35.5. The van der Waals surface area contributed by atoms with E-state index in [4.69, 9.17) is 45.8 Å². The van der Waals surface area contributed by atoms with Gasteiger partial charge in [0.2, 0.25) is 69.3 Å². The minimum atomic E-state index is -3.80. The first-order valence-corrected chi connectivity index (χ1v) is 44.2. The molecule has 6 aromatic carbocycles. The van der Waals surface area contributed by atoms with Crippen molar-refractivity contribution in [3.05, 3.63) is 147 Å². The molecule has 2 saturated heterocycles. The highest BCUT2D eigenvalue weighted by molar-refractivity contribution is 7.89. The predicted molar refractivity (Wildman–Crippen MR) is 458 cm³/mol. The molecule has 6 aromatic rings. The largest absolute Gasteiger partial charge is 0.507 e. The molecule has 7 heterocycles. The van der Waals surface area contributed by atoms with Crippen molar-refractivity contribution in [2.24, 2.45) is 11.7 Å². The Bertz CT molecular complexity index is 5210. The summed E-state index contributed by atoms with van der Waals surface area (Å²) in [5.74, 6) is -16.4. The van der Waals surface area contributed by atoms with Gasteiger partial charge in [-0.3, -0.25) is 38.4 Å². The molecule has 0 unspecified atom stereocenters. The second-order valence-electron chi connectivity index (χ2n) is 33.3. The van der Waals surface area contributed by atoms with Crippen LogP contribution in [-0.2, 0) is 80.4 Å². The van der Waals surface area contributed by atoms with Gasteiger partial charge in [-0.15, -0.1) is 0 Å². The van der Waals surface area contributed by atoms with Crippen LogP contribution in [0.2, 0.25) is 5.02 Å². The summed E-state index contributed by atoms with van der Waals surface area (Å²) in [5, 5.41) is 142. The molecule has 13 rings (SSSR count). The molecule has 128 heavy (non-hydrogen) atoms. The van der Waals surface area contributed by atoms with Crippen LogP contribution in [-0.4, -0.2) is 218 Å². The Labute approximate surface area is 743 Å². The number of ether oxygens (including phenoxy) is 6. The van der Waals surface area contributed by atoms with Crippen molar-refractivity contribution in [1.29, 1.82) is 0 Å². The van der Waals surface area contributed by atoms with E-state index in [9.17, 15) is 78.7 Å². The minimum absolute atomic E-state index is 0.0559. The normalized spacial score (nSPS) is 25.8. The molecule has 0 radical (unpaired) electrons. The molecular weight excluding hydrogens is 1710 g/mol. The first-order valence-electron chi connectivity index (χ1n) is 42.3. The lowest BCUT2D eigenvalue weighted by molar-refractivity contribution is -0.334. The van der Waals surface area contributed by atoms with Gasteiger partial charge in [0.05, 0.1) is 46.2 Å². The predicted octanol–water partition coefficient (Wildman–Crippen LogP) is 3.69. The third kappa shape index (κ3) is 23.0. The molecule has 0 aromatic heterocycles. The van der Waals surface area contributed by atoms with Gasteiger partial charge in [-0.05, 0) is 172 Å². The third-order valence-corrected chi connectivity index (χ3v) is 24.9. The number of carboxylic acids is 1. The number of hydrogen-bond donors (Lipinski definition) is 21. The molecule has 2 fully saturated rings. The van der Waals surface area contributed by atoms with Gasteiger partial charge >= 0.3 is 5.97 Å². The number of carboxylic acid groups (broad SMARTS) is 1. The number of sulfonamides is 1. The first kappa shape index (κ1) is 97.7. The summed E-state index contributed by atoms with van der Waals surface area (Å²) in [6.07, 6.45) is -12.0. The van der Waals surface area contributed by atoms with Crippen LogP contribution in [0, 0.1) is 12.8 Å². The van der Waals surface area contributed by atoms with Gasteiger partial charge in [0, 0.05) is 43.1 Å². The molecule has 22 N–H and O–H groups in total. The van der Waals surface area contributed by atoms with E-state index < -0.39 is 253 Å². The van der Waals surface area contributed by atoms with E-state index in [1.165, 1.54) is 52.9 Å². The Balaban J connectivity index is 1.04. The number of nitrogens with one attached hydrogen (secondary N) is 10. The van der Waals surface area contributed by atoms with Crippen LogP contribution in [0.25, 0.3) is 11.1 Å². The van der Waals surface area contributed by atoms with Gasteiger partial charge in [-0.25, -0.2) is 17.9 Å². The molecule has 0 spiro atoms. The number of primary amides is 1. The highest BCUT2D eigenvalue weighted by Crippen LogP contribution is 2.51. The number of fused-ring (bicyclic) bond motifs is 15. The fraction of sp³-hybridized carbons (Fsp3) is 0.489. The number of benzene rings is 6. The monoisotopic (exact) mass is 1820 g/mol. The number of aryl methyl sites for hydroxylation is 2. The van der Waals surface area contributed by atoms with E-state index in [0.29, 0.717) is 25.7 Å². The van der Waals surface area contributed by atoms with Crippen molar-refractivity contribution >= 4 is 74.9 Å². The van der Waals surface area contributed by atoms with Crippen LogP contribution in [0.3, 0.4) is 0 Å². The van der Waals surface area contributed by atoms with Crippen molar-refractivity contribution in [3.63, 3.8) is 0 Å². The van der Waals surface area contributed by atoms with Crippen molar-refractivity contribution in [2.75, 3.05) is 26.7 Å². The van der Waals surface area contributed by atoms with E-state index in [2.05, 4.69) is 59.5 Å². The molecule has 40 heteroatoms. The van der Waals surface area contributed by atoms with E-state index in [0.717, 1.165) is 92.3 Å². The zero-order chi connectivity index (χ0) is 93.1. The lowest BCUT2D eigenvalue weighted by Gasteiger charge is -2.48. The number of carbonyl (C=O) groups excluding carboxylic acids is 8. The van der Waals surface area contributed by atoms with Crippen LogP contribution >= 0.6 is 11.6 Å². The smallest absolute Gasteiger partial charge is 0.330 e. The van der Waals surface area contributed by atoms with E-state index in [1.807, 2.05) is 26.0 Å². The molecule has 7 aliphatic rings. The molecule has 11 bridgehead atoms. The van der Waals surface area contributed by atoms with Crippen LogP contribution in [0.5, 0.6) is 46.0 Å². The molecule has 38 nitrogen and oxygen atoms in total. The van der Waals surface area contributed by atoms with E-state index in [1.54, 1.807) is 12.1 Å². The van der Waals surface area contributed by atoms with Gasteiger partial charge < -0.3 is 133 Å². The first-order chi connectivity index (χ1) is 60.7. The third-order valence-electron chi connectivity index (χ3n) is 23.1. The fourth-order valence-electron chi connectivity index (χ4n) is 16.2. The second kappa shape index (κ2) is 42.6. The summed E-state index contributed by atoms with van der Waals surface area (Å²) in [7, 11) is -2.32. The second-order valence-corrected chi connectivity index (χ2v) is 35.5. The maximum Gasteiger partial charge on any atom is 0.330 e. The number of hydrogen-bond acceptors (Lipinski definition) is 28. The Morgan fingerprint density at radius 1 is 0.703 bits per heavy atom. The topological polar surface area (TPSA) is 592 Å². The molecule has 7 aliphatic heterocycles. The zero-order valence-electron chi connectivity index (χ0n) is 71.7. The number of aliphatic hydroxyl groups is 6. The summed E-state index contributed by atoms with van der Waals surface area (Å²) < 4.78 is 68.1. The number of carbonyl (C=O) groups is 9. The quantitative estimate of drug-likeness (QED) is 0.0286. The van der Waals surface area contributed by atoms with E-state index >= 15 is 24.0 Å². The number of rotatable bonds is 30. The van der Waals surface area contributed by atoms with Crippen molar-refractivity contribution in [2.45, 2.75) is 246 Å². The van der Waals surface area contributed by atoms with Gasteiger partial charge in [0.15, 0.2) is 29.9 Å². The van der Waals surface area contributed by atoms with Gasteiger partial charge in [-0.1, -0.05) is 94.8 Å². The lowest BCUT2D eigenvalue weighted by Crippen LogP contribution is -2.66.